The SMILES string of the molecule is CC(C)(C)OC[C@H](N)C(=O)Nc1ccc(-c2ccnc(Nc3ccc(N4CCOCC4)cc3)n2)cc1. The van der Waals surface area contributed by atoms with Crippen LogP contribution in [0.4, 0.5) is 23.0 Å². The molecule has 0 unspecified atom stereocenters. The minimum atomic E-state index is -0.748. The van der Waals surface area contributed by atoms with Crippen molar-refractivity contribution in [1.82, 2.24) is 9.97 Å². The van der Waals surface area contributed by atoms with E-state index in [-0.39, 0.29) is 18.1 Å². The number of amides is 1. The monoisotopic (exact) mass is 490 g/mol. The molecule has 1 aliphatic rings. The van der Waals surface area contributed by atoms with Crippen molar-refractivity contribution in [3.05, 3.63) is 60.8 Å². The summed E-state index contributed by atoms with van der Waals surface area (Å²) in [4.78, 5) is 23.7. The molecule has 1 aliphatic heterocycles. The third-order valence-corrected chi connectivity index (χ3v) is 5.64. The van der Waals surface area contributed by atoms with Crippen LogP contribution in [0.15, 0.2) is 60.8 Å². The average Bonchev–Trinajstić information content (AvgIpc) is 2.88. The van der Waals surface area contributed by atoms with E-state index in [0.717, 1.165) is 43.2 Å². The van der Waals surface area contributed by atoms with Crippen molar-refractivity contribution in [2.75, 3.05) is 48.4 Å². The Labute approximate surface area is 212 Å². The normalized spacial score (nSPS) is 14.8. The van der Waals surface area contributed by atoms with Crippen LogP contribution in [0.1, 0.15) is 20.8 Å². The van der Waals surface area contributed by atoms with Crippen LogP contribution in [0.3, 0.4) is 0 Å². The fraction of sp³-hybridized carbons (Fsp3) is 0.370. The van der Waals surface area contributed by atoms with E-state index in [1.54, 1.807) is 6.20 Å². The molecule has 190 valence electrons. The summed E-state index contributed by atoms with van der Waals surface area (Å²) < 4.78 is 11.0. The molecule has 1 fully saturated rings. The lowest BCUT2D eigenvalue weighted by Gasteiger charge is -2.28. The Morgan fingerprint density at radius 2 is 1.72 bits per heavy atom. The molecule has 2 heterocycles. The van der Waals surface area contributed by atoms with Crippen LogP contribution in [0.5, 0.6) is 0 Å². The molecule has 1 amide bonds. The molecule has 36 heavy (non-hydrogen) atoms. The molecular formula is C27H34N6O3. The molecule has 0 aliphatic carbocycles. The molecule has 2 aromatic carbocycles. The van der Waals surface area contributed by atoms with Gasteiger partial charge in [-0.05, 0) is 63.2 Å². The van der Waals surface area contributed by atoms with E-state index in [4.69, 9.17) is 15.2 Å². The molecule has 1 atom stereocenters. The van der Waals surface area contributed by atoms with Gasteiger partial charge in [0.25, 0.3) is 0 Å². The smallest absolute Gasteiger partial charge is 0.243 e. The molecule has 1 aromatic heterocycles. The van der Waals surface area contributed by atoms with E-state index in [9.17, 15) is 4.79 Å². The highest BCUT2D eigenvalue weighted by Crippen LogP contribution is 2.23. The van der Waals surface area contributed by atoms with Crippen molar-refractivity contribution in [2.24, 2.45) is 5.73 Å². The van der Waals surface area contributed by atoms with Crippen molar-refractivity contribution in [2.45, 2.75) is 32.4 Å². The lowest BCUT2D eigenvalue weighted by atomic mass is 10.1. The maximum atomic E-state index is 12.4. The van der Waals surface area contributed by atoms with E-state index in [2.05, 4.69) is 37.6 Å². The number of hydrogen-bond donors (Lipinski definition) is 3. The van der Waals surface area contributed by atoms with Gasteiger partial charge < -0.3 is 30.7 Å². The minimum Gasteiger partial charge on any atom is -0.378 e. The molecule has 0 radical (unpaired) electrons. The van der Waals surface area contributed by atoms with E-state index >= 15 is 0 Å². The van der Waals surface area contributed by atoms with Crippen LogP contribution in [0.25, 0.3) is 11.3 Å². The Hall–Kier alpha value is -3.53. The van der Waals surface area contributed by atoms with Crippen LogP contribution in [0, 0.1) is 0 Å². The lowest BCUT2D eigenvalue weighted by molar-refractivity contribution is -0.120. The second-order valence-electron chi connectivity index (χ2n) is 9.63. The number of nitrogens with zero attached hydrogens (tertiary/aromatic N) is 3. The zero-order chi connectivity index (χ0) is 25.5. The first-order chi connectivity index (χ1) is 17.3. The zero-order valence-electron chi connectivity index (χ0n) is 21.0. The summed E-state index contributed by atoms with van der Waals surface area (Å²) in [5, 5.41) is 6.10. The van der Waals surface area contributed by atoms with Gasteiger partial charge in [-0.1, -0.05) is 12.1 Å². The maximum absolute atomic E-state index is 12.4. The predicted molar refractivity (Wildman–Crippen MR) is 143 cm³/mol. The quantitative estimate of drug-likeness (QED) is 0.437. The van der Waals surface area contributed by atoms with Gasteiger partial charge in [0, 0.05) is 41.9 Å². The summed E-state index contributed by atoms with van der Waals surface area (Å²) in [5.74, 6) is 0.217. The van der Waals surface area contributed by atoms with Crippen LogP contribution < -0.4 is 21.3 Å². The van der Waals surface area contributed by atoms with Gasteiger partial charge >= 0.3 is 0 Å². The standard InChI is InChI=1S/C27H34N6O3/c1-27(2,3)36-18-23(28)25(34)30-20-6-4-19(5-7-20)24-12-13-29-26(32-24)31-21-8-10-22(11-9-21)33-14-16-35-17-15-33/h4-13,23H,14-18,28H2,1-3H3,(H,30,34)(H,29,31,32)/t23-/m0/s1. The summed E-state index contributed by atoms with van der Waals surface area (Å²) in [7, 11) is 0. The Morgan fingerprint density at radius 3 is 2.39 bits per heavy atom. The first-order valence-corrected chi connectivity index (χ1v) is 12.1. The number of carbonyl (C=O) groups excluding carboxylic acids is 1. The van der Waals surface area contributed by atoms with Crippen molar-refractivity contribution >= 4 is 28.9 Å². The molecule has 1 saturated heterocycles. The molecule has 0 spiro atoms. The molecule has 4 N–H and O–H groups in total. The summed E-state index contributed by atoms with van der Waals surface area (Å²) in [6.45, 7) is 9.24. The van der Waals surface area contributed by atoms with Crippen molar-refractivity contribution in [1.29, 1.82) is 0 Å². The topological polar surface area (TPSA) is 115 Å². The van der Waals surface area contributed by atoms with Crippen molar-refractivity contribution in [3.63, 3.8) is 0 Å². The van der Waals surface area contributed by atoms with Gasteiger partial charge in [-0.3, -0.25) is 4.79 Å². The first kappa shape index (κ1) is 25.6. The maximum Gasteiger partial charge on any atom is 0.243 e. The first-order valence-electron chi connectivity index (χ1n) is 12.1. The third kappa shape index (κ3) is 7.24. The summed E-state index contributed by atoms with van der Waals surface area (Å²) in [5.41, 5.74) is 10.0. The number of ether oxygens (including phenoxy) is 2. The van der Waals surface area contributed by atoms with E-state index in [1.807, 2.05) is 63.2 Å². The number of morpholine rings is 1. The van der Waals surface area contributed by atoms with Crippen LogP contribution in [-0.2, 0) is 14.3 Å². The summed E-state index contributed by atoms with van der Waals surface area (Å²) in [6, 6.07) is 16.8. The number of nitrogens with two attached hydrogens (primary N) is 1. The van der Waals surface area contributed by atoms with Gasteiger partial charge in [0.2, 0.25) is 11.9 Å². The minimum absolute atomic E-state index is 0.153. The van der Waals surface area contributed by atoms with Crippen molar-refractivity contribution < 1.29 is 14.3 Å². The summed E-state index contributed by atoms with van der Waals surface area (Å²) >= 11 is 0. The van der Waals surface area contributed by atoms with Crippen LogP contribution in [-0.4, -0.2) is 60.4 Å². The molecule has 4 rings (SSSR count). The highest BCUT2D eigenvalue weighted by molar-refractivity contribution is 5.95. The van der Waals surface area contributed by atoms with Gasteiger partial charge in [0.1, 0.15) is 6.04 Å². The Bertz CT molecular complexity index is 1140. The largest absolute Gasteiger partial charge is 0.378 e. The van der Waals surface area contributed by atoms with Gasteiger partial charge in [0.05, 0.1) is 31.1 Å². The van der Waals surface area contributed by atoms with Crippen molar-refractivity contribution in [3.8, 4) is 11.3 Å². The molecule has 0 bridgehead atoms. The number of carbonyl (C=O) groups is 1. The van der Waals surface area contributed by atoms with Crippen LogP contribution >= 0.6 is 0 Å². The summed E-state index contributed by atoms with van der Waals surface area (Å²) in [6.07, 6.45) is 1.72. The fourth-order valence-corrected chi connectivity index (χ4v) is 3.66. The van der Waals surface area contributed by atoms with Gasteiger partial charge in [0.15, 0.2) is 0 Å². The number of benzene rings is 2. The highest BCUT2D eigenvalue weighted by Gasteiger charge is 2.18. The molecular weight excluding hydrogens is 456 g/mol. The zero-order valence-corrected chi connectivity index (χ0v) is 21.0. The van der Waals surface area contributed by atoms with E-state index < -0.39 is 6.04 Å². The number of nitrogens with one attached hydrogen (secondary N) is 2. The van der Waals surface area contributed by atoms with Gasteiger partial charge in [-0.25, -0.2) is 9.97 Å². The second-order valence-corrected chi connectivity index (χ2v) is 9.63. The fourth-order valence-electron chi connectivity index (χ4n) is 3.66. The number of anilines is 4. The van der Waals surface area contributed by atoms with E-state index in [0.29, 0.717) is 11.6 Å². The third-order valence-electron chi connectivity index (χ3n) is 5.64. The molecule has 9 heteroatoms. The lowest BCUT2D eigenvalue weighted by Crippen LogP contribution is -2.41. The van der Waals surface area contributed by atoms with E-state index in [1.165, 1.54) is 5.69 Å². The Kier molecular flexibility index (Phi) is 8.14. The average molecular weight is 491 g/mol. The Balaban J connectivity index is 1.35. The van der Waals surface area contributed by atoms with Gasteiger partial charge in [-0.15, -0.1) is 0 Å². The number of aromatic nitrogens is 2. The van der Waals surface area contributed by atoms with Gasteiger partial charge in [-0.2, -0.15) is 0 Å². The highest BCUT2D eigenvalue weighted by atomic mass is 16.5. The number of rotatable bonds is 8. The molecule has 9 nitrogen and oxygen atoms in total. The second kappa shape index (κ2) is 11.5. The van der Waals surface area contributed by atoms with Crippen LogP contribution in [0.2, 0.25) is 0 Å². The Morgan fingerprint density at radius 1 is 1.06 bits per heavy atom. The molecule has 3 aromatic rings. The molecule has 0 saturated carbocycles. The predicted octanol–water partition coefficient (Wildman–Crippen LogP) is 3.80. The number of hydrogen-bond acceptors (Lipinski definition) is 8.